The second-order valence-electron chi connectivity index (χ2n) is 9.87. The van der Waals surface area contributed by atoms with Crippen molar-refractivity contribution in [3.63, 3.8) is 0 Å². The molecule has 8 atom stereocenters. The first kappa shape index (κ1) is 27.3. The van der Waals surface area contributed by atoms with Gasteiger partial charge in [0.1, 0.15) is 12.7 Å². The van der Waals surface area contributed by atoms with Gasteiger partial charge in [0.15, 0.2) is 0 Å². The Morgan fingerprint density at radius 3 is 2.67 bits per heavy atom. The van der Waals surface area contributed by atoms with Gasteiger partial charge in [0.2, 0.25) is 0 Å². The number of hydrogen-bond donors (Lipinski definition) is 2. The molecule has 6 heteroatoms. The summed E-state index contributed by atoms with van der Waals surface area (Å²) in [4.78, 5) is 24.2. The molecule has 0 bridgehead atoms. The van der Waals surface area contributed by atoms with Gasteiger partial charge in [-0.2, -0.15) is 0 Å². The molecule has 33 heavy (non-hydrogen) atoms. The predicted octanol–water partition coefficient (Wildman–Crippen LogP) is 4.36. The number of rotatable bonds is 12. The molecular formula is C27H42O6. The third-order valence-corrected chi connectivity index (χ3v) is 7.02. The number of carbonyl (C=O) groups is 2. The quantitative estimate of drug-likeness (QED) is 0.331. The molecule has 0 radical (unpaired) electrons. The molecule has 0 fully saturated rings. The fourth-order valence-electron chi connectivity index (χ4n) is 4.96. The molecular weight excluding hydrogens is 420 g/mol. The monoisotopic (exact) mass is 462 g/mol. The molecule has 0 amide bonds. The van der Waals surface area contributed by atoms with E-state index in [-0.39, 0.29) is 55.2 Å². The maximum Gasteiger partial charge on any atom is 0.308 e. The van der Waals surface area contributed by atoms with Crippen LogP contribution in [0.4, 0.5) is 0 Å². The molecule has 0 spiro atoms. The Labute approximate surface area is 198 Å². The summed E-state index contributed by atoms with van der Waals surface area (Å²) in [6, 6.07) is 0. The average molecular weight is 463 g/mol. The largest absolute Gasteiger partial charge is 0.461 e. The highest BCUT2D eigenvalue weighted by Gasteiger charge is 2.41. The number of aliphatic hydroxyl groups is 2. The number of allylic oxidation sites excluding steroid dienone is 3. The van der Waals surface area contributed by atoms with Crippen LogP contribution in [0.3, 0.4) is 0 Å². The van der Waals surface area contributed by atoms with E-state index in [1.165, 1.54) is 11.6 Å². The Morgan fingerprint density at radius 1 is 1.27 bits per heavy atom. The zero-order chi connectivity index (χ0) is 24.5. The van der Waals surface area contributed by atoms with Crippen LogP contribution in [0, 0.1) is 29.6 Å². The Balaban J connectivity index is 2.01. The van der Waals surface area contributed by atoms with Gasteiger partial charge in [0, 0.05) is 5.92 Å². The van der Waals surface area contributed by atoms with Crippen molar-refractivity contribution >= 4 is 11.9 Å². The van der Waals surface area contributed by atoms with Crippen LogP contribution >= 0.6 is 0 Å². The van der Waals surface area contributed by atoms with Crippen molar-refractivity contribution in [3.8, 4) is 0 Å². The average Bonchev–Trinajstić information content (AvgIpc) is 2.76. The standard InChI is InChI=1S/C27H42O6/c1-6-12-32-25(30)16-22(29)15-21(28)10-11-23-19(5)8-9-20-13-17(3)14-24(26(20)23)33-27(31)18(4)7-2/h6,8-9,13,17-19,21-24,26,28-29H,1,7,10-12,14-16H2,2-5H3/t17-,18-,19-,21+,22+,23-,24-,26-/m0/s1. The van der Waals surface area contributed by atoms with Gasteiger partial charge in [0.05, 0.1) is 24.5 Å². The Morgan fingerprint density at radius 2 is 2.00 bits per heavy atom. The summed E-state index contributed by atoms with van der Waals surface area (Å²) in [5, 5.41) is 20.7. The van der Waals surface area contributed by atoms with Gasteiger partial charge < -0.3 is 19.7 Å². The van der Waals surface area contributed by atoms with Crippen LogP contribution < -0.4 is 0 Å². The minimum Gasteiger partial charge on any atom is -0.461 e. The SMILES string of the molecule is C=CCOC(=O)C[C@H](O)C[C@H](O)CC[C@@H]1[C@@H]2C(=C[C@H](C)C[C@@H]2OC(=O)[C@@H](C)CC)C=C[C@@H]1C. The van der Waals surface area contributed by atoms with Gasteiger partial charge in [-0.25, -0.2) is 0 Å². The Kier molecular flexibility index (Phi) is 10.8. The highest BCUT2D eigenvalue weighted by atomic mass is 16.5. The van der Waals surface area contributed by atoms with Crippen molar-refractivity contribution in [1.82, 2.24) is 0 Å². The van der Waals surface area contributed by atoms with E-state index in [0.29, 0.717) is 12.3 Å². The van der Waals surface area contributed by atoms with E-state index < -0.39 is 18.2 Å². The van der Waals surface area contributed by atoms with Crippen LogP contribution in [0.2, 0.25) is 0 Å². The van der Waals surface area contributed by atoms with Crippen LogP contribution in [-0.4, -0.2) is 47.1 Å². The first-order valence-corrected chi connectivity index (χ1v) is 12.4. The van der Waals surface area contributed by atoms with E-state index in [2.05, 4.69) is 38.7 Å². The molecule has 186 valence electrons. The maximum absolute atomic E-state index is 12.6. The van der Waals surface area contributed by atoms with Crippen molar-refractivity contribution in [2.75, 3.05) is 6.61 Å². The van der Waals surface area contributed by atoms with E-state index >= 15 is 0 Å². The number of ether oxygens (including phenoxy) is 2. The topological polar surface area (TPSA) is 93.1 Å². The van der Waals surface area contributed by atoms with Crippen LogP contribution in [0.1, 0.15) is 66.2 Å². The lowest BCUT2D eigenvalue weighted by atomic mass is 9.65. The summed E-state index contributed by atoms with van der Waals surface area (Å²) >= 11 is 0. The number of carbonyl (C=O) groups excluding carboxylic acids is 2. The van der Waals surface area contributed by atoms with E-state index in [0.717, 1.165) is 19.3 Å². The zero-order valence-electron chi connectivity index (χ0n) is 20.6. The molecule has 2 aliphatic carbocycles. The number of esters is 2. The third kappa shape index (κ3) is 8.11. The molecule has 2 rings (SSSR count). The van der Waals surface area contributed by atoms with Gasteiger partial charge >= 0.3 is 11.9 Å². The third-order valence-electron chi connectivity index (χ3n) is 7.02. The smallest absolute Gasteiger partial charge is 0.308 e. The fourth-order valence-corrected chi connectivity index (χ4v) is 4.96. The minimum atomic E-state index is -0.948. The summed E-state index contributed by atoms with van der Waals surface area (Å²) in [6.07, 6.45) is 9.08. The highest BCUT2D eigenvalue weighted by Crippen LogP contribution is 2.45. The maximum atomic E-state index is 12.6. The van der Waals surface area contributed by atoms with Crippen molar-refractivity contribution in [1.29, 1.82) is 0 Å². The van der Waals surface area contributed by atoms with Crippen molar-refractivity contribution in [2.45, 2.75) is 84.5 Å². The van der Waals surface area contributed by atoms with E-state index in [9.17, 15) is 19.8 Å². The second kappa shape index (κ2) is 13.1. The van der Waals surface area contributed by atoms with Gasteiger partial charge in [-0.15, -0.1) is 0 Å². The molecule has 0 aromatic rings. The summed E-state index contributed by atoms with van der Waals surface area (Å²) in [5.41, 5.74) is 1.22. The van der Waals surface area contributed by atoms with Gasteiger partial charge in [-0.1, -0.05) is 58.6 Å². The molecule has 0 aromatic heterocycles. The Hall–Kier alpha value is -1.92. The molecule has 6 nitrogen and oxygen atoms in total. The van der Waals surface area contributed by atoms with Crippen LogP contribution in [0.5, 0.6) is 0 Å². The Bertz CT molecular complexity index is 726. The molecule has 0 saturated heterocycles. The summed E-state index contributed by atoms with van der Waals surface area (Å²) in [5.74, 6) is 0.211. The predicted molar refractivity (Wildman–Crippen MR) is 128 cm³/mol. The number of fused-ring (bicyclic) bond motifs is 1. The van der Waals surface area contributed by atoms with Crippen LogP contribution in [0.15, 0.2) is 36.5 Å². The molecule has 0 heterocycles. The number of aliphatic hydroxyl groups excluding tert-OH is 2. The second-order valence-corrected chi connectivity index (χ2v) is 9.87. The molecule has 0 aromatic carbocycles. The minimum absolute atomic E-state index is 0.111. The lowest BCUT2D eigenvalue weighted by Gasteiger charge is -2.43. The summed E-state index contributed by atoms with van der Waals surface area (Å²) in [6.45, 7) is 11.8. The first-order chi connectivity index (χ1) is 15.7. The van der Waals surface area contributed by atoms with E-state index in [4.69, 9.17) is 9.47 Å². The molecule has 0 saturated carbocycles. The molecule has 2 N–H and O–H groups in total. The normalized spacial score (nSPS) is 29.3. The summed E-state index contributed by atoms with van der Waals surface area (Å²) in [7, 11) is 0. The van der Waals surface area contributed by atoms with E-state index in [1.54, 1.807) is 0 Å². The van der Waals surface area contributed by atoms with Gasteiger partial charge in [-0.3, -0.25) is 9.59 Å². The zero-order valence-corrected chi connectivity index (χ0v) is 20.6. The van der Waals surface area contributed by atoms with E-state index in [1.807, 2.05) is 13.8 Å². The first-order valence-electron chi connectivity index (χ1n) is 12.4. The van der Waals surface area contributed by atoms with Crippen LogP contribution in [0.25, 0.3) is 0 Å². The molecule has 2 aliphatic rings. The highest BCUT2D eigenvalue weighted by molar-refractivity contribution is 5.72. The molecule has 0 aliphatic heterocycles. The molecule has 0 unspecified atom stereocenters. The fraction of sp³-hybridized carbons (Fsp3) is 0.704. The lowest BCUT2D eigenvalue weighted by Crippen LogP contribution is -2.41. The van der Waals surface area contributed by atoms with Crippen LogP contribution in [-0.2, 0) is 19.1 Å². The van der Waals surface area contributed by atoms with Crippen molar-refractivity contribution in [3.05, 3.63) is 36.5 Å². The summed E-state index contributed by atoms with van der Waals surface area (Å²) < 4.78 is 10.9. The van der Waals surface area contributed by atoms with Gasteiger partial charge in [0.25, 0.3) is 0 Å². The van der Waals surface area contributed by atoms with Crippen molar-refractivity contribution in [2.24, 2.45) is 29.6 Å². The lowest BCUT2D eigenvalue weighted by molar-refractivity contribution is -0.158. The van der Waals surface area contributed by atoms with Gasteiger partial charge in [-0.05, 0) is 55.4 Å². The van der Waals surface area contributed by atoms with Crippen molar-refractivity contribution < 1.29 is 29.3 Å². The number of hydrogen-bond acceptors (Lipinski definition) is 6.